The van der Waals surface area contributed by atoms with Gasteiger partial charge in [-0.3, -0.25) is 0 Å². The first kappa shape index (κ1) is 16.6. The molecule has 0 aliphatic heterocycles. The SMILES string of the molecule is CN(C)S(=O)(=O)n1ccnc1CNCc1ccc(CO)cc1. The van der Waals surface area contributed by atoms with Gasteiger partial charge >= 0.3 is 10.2 Å². The van der Waals surface area contributed by atoms with Crippen LogP contribution in [0.1, 0.15) is 17.0 Å². The molecule has 22 heavy (non-hydrogen) atoms. The molecule has 1 heterocycles. The molecule has 0 radical (unpaired) electrons. The lowest BCUT2D eigenvalue weighted by molar-refractivity contribution is 0.282. The second-order valence-electron chi connectivity index (χ2n) is 5.01. The highest BCUT2D eigenvalue weighted by Gasteiger charge is 2.19. The van der Waals surface area contributed by atoms with Crippen LogP contribution in [0.4, 0.5) is 0 Å². The Labute approximate surface area is 130 Å². The van der Waals surface area contributed by atoms with Gasteiger partial charge in [-0.2, -0.15) is 12.7 Å². The molecule has 8 heteroatoms. The fraction of sp³-hybridized carbons (Fsp3) is 0.357. The number of nitrogens with one attached hydrogen (secondary N) is 1. The summed E-state index contributed by atoms with van der Waals surface area (Å²) in [5.74, 6) is 0.431. The van der Waals surface area contributed by atoms with Gasteiger partial charge in [0.05, 0.1) is 13.2 Å². The smallest absolute Gasteiger partial charge is 0.308 e. The number of aliphatic hydroxyl groups is 1. The first-order chi connectivity index (χ1) is 10.4. The lowest BCUT2D eigenvalue weighted by Crippen LogP contribution is -2.30. The molecule has 2 aromatic rings. The summed E-state index contributed by atoms with van der Waals surface area (Å²) in [6, 6.07) is 7.55. The van der Waals surface area contributed by atoms with Crippen molar-refractivity contribution in [1.29, 1.82) is 0 Å². The third-order valence-corrected chi connectivity index (χ3v) is 4.96. The maximum absolute atomic E-state index is 12.1. The first-order valence-corrected chi connectivity index (χ1v) is 8.19. The third-order valence-electron chi connectivity index (χ3n) is 3.21. The zero-order valence-electron chi connectivity index (χ0n) is 12.6. The Bertz CT molecular complexity index is 708. The van der Waals surface area contributed by atoms with Crippen LogP contribution in [0.25, 0.3) is 0 Å². The molecule has 0 aliphatic carbocycles. The molecule has 0 spiro atoms. The maximum atomic E-state index is 12.1. The standard InChI is InChI=1S/C14H20N4O3S/c1-17(2)22(20,21)18-8-7-16-14(18)10-15-9-12-3-5-13(11-19)6-4-12/h3-8,15,19H,9-11H2,1-2H3. The zero-order chi connectivity index (χ0) is 16.2. The van der Waals surface area contributed by atoms with Crippen LogP contribution in [0.2, 0.25) is 0 Å². The predicted octanol–water partition coefficient (Wildman–Crippen LogP) is 0.320. The van der Waals surface area contributed by atoms with Crippen molar-refractivity contribution in [2.24, 2.45) is 0 Å². The van der Waals surface area contributed by atoms with Gasteiger partial charge in [0.1, 0.15) is 5.82 Å². The van der Waals surface area contributed by atoms with Crippen LogP contribution < -0.4 is 5.32 Å². The molecule has 0 aliphatic rings. The number of imidazole rings is 1. The third kappa shape index (κ3) is 3.72. The lowest BCUT2D eigenvalue weighted by Gasteiger charge is -2.14. The van der Waals surface area contributed by atoms with Crippen molar-refractivity contribution in [3.63, 3.8) is 0 Å². The Kier molecular flexibility index (Phi) is 5.30. The monoisotopic (exact) mass is 324 g/mol. The number of nitrogens with zero attached hydrogens (tertiary/aromatic N) is 3. The quantitative estimate of drug-likeness (QED) is 0.766. The van der Waals surface area contributed by atoms with Gasteiger partial charge in [0, 0.05) is 33.0 Å². The van der Waals surface area contributed by atoms with E-state index in [0.717, 1.165) is 19.4 Å². The summed E-state index contributed by atoms with van der Waals surface area (Å²) in [7, 11) is -0.586. The average molecular weight is 324 g/mol. The van der Waals surface area contributed by atoms with Gasteiger partial charge < -0.3 is 10.4 Å². The van der Waals surface area contributed by atoms with E-state index in [4.69, 9.17) is 5.11 Å². The van der Waals surface area contributed by atoms with Crippen LogP contribution in [0, 0.1) is 0 Å². The summed E-state index contributed by atoms with van der Waals surface area (Å²) in [6.07, 6.45) is 2.90. The van der Waals surface area contributed by atoms with Crippen molar-refractivity contribution in [3.05, 3.63) is 53.6 Å². The Morgan fingerprint density at radius 2 is 1.82 bits per heavy atom. The highest BCUT2D eigenvalue weighted by atomic mass is 32.2. The van der Waals surface area contributed by atoms with Crippen LogP contribution in [0.5, 0.6) is 0 Å². The lowest BCUT2D eigenvalue weighted by atomic mass is 10.1. The van der Waals surface area contributed by atoms with E-state index in [1.165, 1.54) is 26.5 Å². The summed E-state index contributed by atoms with van der Waals surface area (Å²) in [6.45, 7) is 0.940. The second-order valence-corrected chi connectivity index (χ2v) is 7.03. The van der Waals surface area contributed by atoms with Crippen molar-refractivity contribution >= 4 is 10.2 Å². The normalized spacial score (nSPS) is 12.0. The summed E-state index contributed by atoms with van der Waals surface area (Å²) in [5, 5.41) is 12.2. The van der Waals surface area contributed by atoms with Gasteiger partial charge in [0.15, 0.2) is 0 Å². The molecule has 1 aromatic carbocycles. The number of aromatic nitrogens is 2. The topological polar surface area (TPSA) is 87.5 Å². The van der Waals surface area contributed by atoms with E-state index in [2.05, 4.69) is 10.3 Å². The van der Waals surface area contributed by atoms with Gasteiger partial charge in [-0.1, -0.05) is 24.3 Å². The number of aliphatic hydroxyl groups excluding tert-OH is 1. The van der Waals surface area contributed by atoms with E-state index in [0.29, 0.717) is 18.9 Å². The van der Waals surface area contributed by atoms with Crippen molar-refractivity contribution < 1.29 is 13.5 Å². The molecular formula is C14H20N4O3S. The van der Waals surface area contributed by atoms with Crippen molar-refractivity contribution in [2.45, 2.75) is 19.7 Å². The molecule has 0 atom stereocenters. The van der Waals surface area contributed by atoms with E-state index in [-0.39, 0.29) is 6.61 Å². The average Bonchev–Trinajstić information content (AvgIpc) is 2.97. The molecule has 1 aromatic heterocycles. The molecule has 0 amide bonds. The van der Waals surface area contributed by atoms with Gasteiger partial charge in [-0.05, 0) is 11.1 Å². The van der Waals surface area contributed by atoms with Crippen LogP contribution >= 0.6 is 0 Å². The number of hydrogen-bond donors (Lipinski definition) is 2. The summed E-state index contributed by atoms with van der Waals surface area (Å²) in [4.78, 5) is 4.09. The molecule has 0 saturated carbocycles. The van der Waals surface area contributed by atoms with Crippen molar-refractivity contribution in [1.82, 2.24) is 18.6 Å². The molecule has 0 fully saturated rings. The molecule has 2 rings (SSSR count). The Morgan fingerprint density at radius 1 is 1.18 bits per heavy atom. The largest absolute Gasteiger partial charge is 0.392 e. The Hall–Kier alpha value is -1.74. The molecule has 2 N–H and O–H groups in total. The van der Waals surface area contributed by atoms with Gasteiger partial charge in [0.25, 0.3) is 0 Å². The second kappa shape index (κ2) is 7.01. The minimum atomic E-state index is -3.55. The molecule has 0 bridgehead atoms. The van der Waals surface area contributed by atoms with Crippen molar-refractivity contribution in [3.8, 4) is 0 Å². The first-order valence-electron chi connectivity index (χ1n) is 6.80. The highest BCUT2D eigenvalue weighted by molar-refractivity contribution is 7.87. The zero-order valence-corrected chi connectivity index (χ0v) is 13.4. The van der Waals surface area contributed by atoms with Gasteiger partial charge in [-0.15, -0.1) is 0 Å². The van der Waals surface area contributed by atoms with Crippen LogP contribution in [-0.2, 0) is 29.9 Å². The molecule has 7 nitrogen and oxygen atoms in total. The highest BCUT2D eigenvalue weighted by Crippen LogP contribution is 2.07. The van der Waals surface area contributed by atoms with E-state index in [1.54, 1.807) is 0 Å². The van der Waals surface area contributed by atoms with Gasteiger partial charge in [-0.25, -0.2) is 8.96 Å². The minimum Gasteiger partial charge on any atom is -0.392 e. The van der Waals surface area contributed by atoms with Crippen molar-refractivity contribution in [2.75, 3.05) is 14.1 Å². The fourth-order valence-corrected chi connectivity index (χ4v) is 2.85. The Balaban J connectivity index is 1.99. The molecule has 0 unspecified atom stereocenters. The fourth-order valence-electron chi connectivity index (χ4n) is 1.91. The maximum Gasteiger partial charge on any atom is 0.308 e. The molecular weight excluding hydrogens is 304 g/mol. The van der Waals surface area contributed by atoms with Gasteiger partial charge in [0.2, 0.25) is 0 Å². The van der Waals surface area contributed by atoms with E-state index >= 15 is 0 Å². The number of rotatable bonds is 7. The minimum absolute atomic E-state index is 0.0214. The van der Waals surface area contributed by atoms with Crippen LogP contribution in [-0.4, -0.2) is 40.9 Å². The van der Waals surface area contributed by atoms with Crippen LogP contribution in [0.3, 0.4) is 0 Å². The summed E-state index contributed by atoms with van der Waals surface area (Å²) in [5.41, 5.74) is 1.90. The summed E-state index contributed by atoms with van der Waals surface area (Å²) < 4.78 is 26.5. The van der Waals surface area contributed by atoms with Crippen LogP contribution in [0.15, 0.2) is 36.7 Å². The van der Waals surface area contributed by atoms with E-state index < -0.39 is 10.2 Å². The molecule has 120 valence electrons. The summed E-state index contributed by atoms with van der Waals surface area (Å²) >= 11 is 0. The van der Waals surface area contributed by atoms with E-state index in [9.17, 15) is 8.42 Å². The predicted molar refractivity (Wildman–Crippen MR) is 83.1 cm³/mol. The van der Waals surface area contributed by atoms with E-state index in [1.807, 2.05) is 24.3 Å². The molecule has 0 saturated heterocycles. The number of benzene rings is 1. The number of hydrogen-bond acceptors (Lipinski definition) is 5. The Morgan fingerprint density at radius 3 is 2.41 bits per heavy atom.